The summed E-state index contributed by atoms with van der Waals surface area (Å²) in [5, 5.41) is 8.71. The van der Waals surface area contributed by atoms with Gasteiger partial charge in [-0.15, -0.1) is 0 Å². The number of amides is 1. The van der Waals surface area contributed by atoms with E-state index in [0.717, 1.165) is 26.1 Å². The van der Waals surface area contributed by atoms with Gasteiger partial charge in [-0.05, 0) is 42.2 Å². The average molecular weight is 296 g/mol. The lowest BCUT2D eigenvalue weighted by atomic mass is 9.96. The van der Waals surface area contributed by atoms with E-state index in [-0.39, 0.29) is 0 Å². The minimum Gasteiger partial charge on any atom is -0.294 e. The molecule has 0 saturated heterocycles. The van der Waals surface area contributed by atoms with Gasteiger partial charge in [0.15, 0.2) is 0 Å². The third kappa shape index (κ3) is 3.18. The van der Waals surface area contributed by atoms with Crippen LogP contribution in [0.2, 0.25) is 0 Å². The van der Waals surface area contributed by atoms with Crippen LogP contribution in [0, 0.1) is 6.92 Å². The van der Waals surface area contributed by atoms with Crippen molar-refractivity contribution in [3.8, 4) is 0 Å². The Labute approximate surface area is 130 Å². The highest BCUT2D eigenvalue weighted by Gasteiger charge is 2.18. The summed E-state index contributed by atoms with van der Waals surface area (Å²) in [5.74, 6) is -0.454. The Bertz CT molecular complexity index is 697. The van der Waals surface area contributed by atoms with Gasteiger partial charge < -0.3 is 0 Å². The molecule has 4 nitrogen and oxygen atoms in total. The fourth-order valence-electron chi connectivity index (χ4n) is 3.02. The molecule has 2 N–H and O–H groups in total. The molecule has 0 aliphatic carbocycles. The van der Waals surface area contributed by atoms with E-state index in [2.05, 4.69) is 36.1 Å². The maximum atomic E-state index is 11.5. The SMILES string of the molecule is Cc1cccc(CN2CCc3cc(C(=O)NO)ccc3C2)c1. The zero-order chi connectivity index (χ0) is 15.5. The summed E-state index contributed by atoms with van der Waals surface area (Å²) >= 11 is 0. The van der Waals surface area contributed by atoms with E-state index < -0.39 is 5.91 Å². The summed E-state index contributed by atoms with van der Waals surface area (Å²) in [6.45, 7) is 4.93. The zero-order valence-corrected chi connectivity index (χ0v) is 12.7. The highest BCUT2D eigenvalue weighted by molar-refractivity contribution is 5.93. The molecule has 0 saturated carbocycles. The predicted molar refractivity (Wildman–Crippen MR) is 84.7 cm³/mol. The number of carbonyl (C=O) groups excluding carboxylic acids is 1. The van der Waals surface area contributed by atoms with Crippen molar-refractivity contribution in [1.82, 2.24) is 10.4 Å². The van der Waals surface area contributed by atoms with Gasteiger partial charge in [0.1, 0.15) is 0 Å². The molecular formula is C18H20N2O2. The van der Waals surface area contributed by atoms with Crippen LogP contribution in [0.1, 0.15) is 32.6 Å². The quantitative estimate of drug-likeness (QED) is 0.676. The molecule has 0 spiro atoms. The number of nitrogens with zero attached hydrogens (tertiary/aromatic N) is 1. The van der Waals surface area contributed by atoms with E-state index in [1.54, 1.807) is 11.5 Å². The van der Waals surface area contributed by atoms with Gasteiger partial charge in [0.25, 0.3) is 5.91 Å². The van der Waals surface area contributed by atoms with Crippen LogP contribution in [-0.4, -0.2) is 22.6 Å². The number of benzene rings is 2. The van der Waals surface area contributed by atoms with Crippen molar-refractivity contribution in [3.63, 3.8) is 0 Å². The Morgan fingerprint density at radius 2 is 2.09 bits per heavy atom. The summed E-state index contributed by atoms with van der Waals surface area (Å²) in [4.78, 5) is 13.9. The molecule has 1 heterocycles. The van der Waals surface area contributed by atoms with Gasteiger partial charge in [-0.25, -0.2) is 5.48 Å². The molecule has 4 heteroatoms. The summed E-state index contributed by atoms with van der Waals surface area (Å²) in [6, 6.07) is 14.2. The molecule has 1 aliphatic heterocycles. The second kappa shape index (κ2) is 6.30. The van der Waals surface area contributed by atoms with Crippen molar-refractivity contribution in [3.05, 3.63) is 70.3 Å². The molecule has 0 aromatic heterocycles. The minimum atomic E-state index is -0.454. The van der Waals surface area contributed by atoms with Crippen molar-refractivity contribution >= 4 is 5.91 Å². The number of nitrogens with one attached hydrogen (secondary N) is 1. The molecule has 1 amide bonds. The van der Waals surface area contributed by atoms with Crippen LogP contribution in [0.25, 0.3) is 0 Å². The number of carbonyl (C=O) groups is 1. The van der Waals surface area contributed by atoms with Crippen molar-refractivity contribution in [2.24, 2.45) is 0 Å². The van der Waals surface area contributed by atoms with Crippen LogP contribution in [0.4, 0.5) is 0 Å². The van der Waals surface area contributed by atoms with E-state index in [1.165, 1.54) is 22.3 Å². The molecule has 2 aromatic rings. The highest BCUT2D eigenvalue weighted by Crippen LogP contribution is 2.22. The Morgan fingerprint density at radius 3 is 2.86 bits per heavy atom. The minimum absolute atomic E-state index is 0.454. The van der Waals surface area contributed by atoms with Crippen LogP contribution >= 0.6 is 0 Å². The van der Waals surface area contributed by atoms with Gasteiger partial charge in [-0.1, -0.05) is 35.9 Å². The third-order valence-electron chi connectivity index (χ3n) is 4.15. The van der Waals surface area contributed by atoms with E-state index in [9.17, 15) is 4.79 Å². The van der Waals surface area contributed by atoms with Crippen LogP contribution in [0.3, 0.4) is 0 Å². The molecule has 0 bridgehead atoms. The monoisotopic (exact) mass is 296 g/mol. The first kappa shape index (κ1) is 14.8. The molecule has 0 fully saturated rings. The Morgan fingerprint density at radius 1 is 1.23 bits per heavy atom. The van der Waals surface area contributed by atoms with E-state index in [4.69, 9.17) is 5.21 Å². The summed E-state index contributed by atoms with van der Waals surface area (Å²) in [7, 11) is 0. The Kier molecular flexibility index (Phi) is 4.22. The molecule has 2 aromatic carbocycles. The van der Waals surface area contributed by atoms with Gasteiger partial charge in [-0.2, -0.15) is 0 Å². The molecule has 3 rings (SSSR count). The maximum Gasteiger partial charge on any atom is 0.274 e. The van der Waals surface area contributed by atoms with E-state index in [0.29, 0.717) is 5.56 Å². The zero-order valence-electron chi connectivity index (χ0n) is 12.7. The number of aryl methyl sites for hydroxylation is 1. The summed E-state index contributed by atoms with van der Waals surface area (Å²) < 4.78 is 0. The molecule has 114 valence electrons. The average Bonchev–Trinajstić information content (AvgIpc) is 2.53. The molecule has 0 unspecified atom stereocenters. The second-order valence-electron chi connectivity index (χ2n) is 5.87. The Balaban J connectivity index is 1.73. The van der Waals surface area contributed by atoms with Gasteiger partial charge in [0.05, 0.1) is 0 Å². The van der Waals surface area contributed by atoms with Crippen molar-refractivity contribution < 1.29 is 10.0 Å². The maximum absolute atomic E-state index is 11.5. The number of hydrogen-bond donors (Lipinski definition) is 2. The largest absolute Gasteiger partial charge is 0.294 e. The van der Waals surface area contributed by atoms with Crippen LogP contribution in [0.5, 0.6) is 0 Å². The molecule has 0 atom stereocenters. The topological polar surface area (TPSA) is 52.6 Å². The molecule has 22 heavy (non-hydrogen) atoms. The lowest BCUT2D eigenvalue weighted by Gasteiger charge is -2.29. The summed E-state index contributed by atoms with van der Waals surface area (Å²) in [6.07, 6.45) is 0.924. The number of hydrogen-bond acceptors (Lipinski definition) is 3. The van der Waals surface area contributed by atoms with Gasteiger partial charge in [-0.3, -0.25) is 14.9 Å². The normalized spacial score (nSPS) is 14.5. The standard InChI is InChI=1S/C18H20N2O2/c1-13-3-2-4-14(9-13)11-20-8-7-15-10-16(18(21)19-22)5-6-17(15)12-20/h2-6,9-10,22H,7-8,11-12H2,1H3,(H,19,21). The first-order chi connectivity index (χ1) is 10.7. The number of hydroxylamine groups is 1. The van der Waals surface area contributed by atoms with Crippen LogP contribution in [0.15, 0.2) is 42.5 Å². The lowest BCUT2D eigenvalue weighted by Crippen LogP contribution is -2.30. The first-order valence-electron chi connectivity index (χ1n) is 7.50. The van der Waals surface area contributed by atoms with Crippen molar-refractivity contribution in [2.45, 2.75) is 26.4 Å². The number of rotatable bonds is 3. The summed E-state index contributed by atoms with van der Waals surface area (Å²) in [5.41, 5.74) is 7.27. The van der Waals surface area contributed by atoms with Crippen LogP contribution < -0.4 is 5.48 Å². The van der Waals surface area contributed by atoms with E-state index in [1.807, 2.05) is 12.1 Å². The van der Waals surface area contributed by atoms with Gasteiger partial charge >= 0.3 is 0 Å². The molecular weight excluding hydrogens is 276 g/mol. The van der Waals surface area contributed by atoms with Crippen molar-refractivity contribution in [2.75, 3.05) is 6.54 Å². The van der Waals surface area contributed by atoms with Gasteiger partial charge in [0.2, 0.25) is 0 Å². The predicted octanol–water partition coefficient (Wildman–Crippen LogP) is 2.67. The highest BCUT2D eigenvalue weighted by atomic mass is 16.5. The molecule has 1 aliphatic rings. The van der Waals surface area contributed by atoms with Crippen LogP contribution in [-0.2, 0) is 19.5 Å². The second-order valence-corrected chi connectivity index (χ2v) is 5.87. The Hall–Kier alpha value is -2.17. The first-order valence-corrected chi connectivity index (χ1v) is 7.50. The van der Waals surface area contributed by atoms with E-state index >= 15 is 0 Å². The third-order valence-corrected chi connectivity index (χ3v) is 4.15. The smallest absolute Gasteiger partial charge is 0.274 e. The fraction of sp³-hybridized carbons (Fsp3) is 0.278. The van der Waals surface area contributed by atoms with Crippen molar-refractivity contribution in [1.29, 1.82) is 0 Å². The molecule has 0 radical (unpaired) electrons. The fourth-order valence-corrected chi connectivity index (χ4v) is 3.02. The number of fused-ring (bicyclic) bond motifs is 1. The lowest BCUT2D eigenvalue weighted by molar-refractivity contribution is 0.0706. The van der Waals surface area contributed by atoms with Gasteiger partial charge in [0, 0.05) is 25.2 Å².